The summed E-state index contributed by atoms with van der Waals surface area (Å²) in [6.45, 7) is 3.72. The predicted octanol–water partition coefficient (Wildman–Crippen LogP) is 2.37. The first kappa shape index (κ1) is 14.0. The van der Waals surface area contributed by atoms with Crippen LogP contribution in [-0.4, -0.2) is 13.4 Å². The molecule has 1 heterocycles. The standard InChI is InChI=1S/C14H13N3O2S/c1-10-3-4-11(2)14(7-10)17-20(18,19)13-6-5-12(8-15)16-9-13/h3-7,9,17H,1-2H3. The fourth-order valence-electron chi connectivity index (χ4n) is 1.65. The lowest BCUT2D eigenvalue weighted by Gasteiger charge is -2.11. The van der Waals surface area contributed by atoms with Gasteiger partial charge in [0.25, 0.3) is 10.0 Å². The van der Waals surface area contributed by atoms with Gasteiger partial charge in [0.15, 0.2) is 0 Å². The van der Waals surface area contributed by atoms with Crippen molar-refractivity contribution < 1.29 is 8.42 Å². The zero-order chi connectivity index (χ0) is 14.8. The molecule has 1 N–H and O–H groups in total. The lowest BCUT2D eigenvalue weighted by Crippen LogP contribution is -2.14. The highest BCUT2D eigenvalue weighted by Crippen LogP contribution is 2.20. The number of aryl methyl sites for hydroxylation is 2. The van der Waals surface area contributed by atoms with E-state index in [2.05, 4.69) is 9.71 Å². The number of nitrogens with zero attached hydrogens (tertiary/aromatic N) is 2. The largest absolute Gasteiger partial charge is 0.279 e. The molecule has 0 fully saturated rings. The molecule has 1 aromatic carbocycles. The van der Waals surface area contributed by atoms with Gasteiger partial charge in [-0.3, -0.25) is 4.72 Å². The van der Waals surface area contributed by atoms with Crippen molar-refractivity contribution in [3.63, 3.8) is 0 Å². The van der Waals surface area contributed by atoms with E-state index in [1.807, 2.05) is 32.0 Å². The molecule has 5 nitrogen and oxygen atoms in total. The minimum atomic E-state index is -3.70. The zero-order valence-corrected chi connectivity index (χ0v) is 11.9. The summed E-state index contributed by atoms with van der Waals surface area (Å²) in [6.07, 6.45) is 1.17. The van der Waals surface area contributed by atoms with Crippen molar-refractivity contribution in [2.75, 3.05) is 4.72 Å². The average molecular weight is 287 g/mol. The molecule has 0 aliphatic rings. The van der Waals surface area contributed by atoms with Crippen LogP contribution in [0.2, 0.25) is 0 Å². The van der Waals surface area contributed by atoms with E-state index >= 15 is 0 Å². The van der Waals surface area contributed by atoms with Crippen LogP contribution in [-0.2, 0) is 10.0 Å². The van der Waals surface area contributed by atoms with E-state index < -0.39 is 10.0 Å². The topological polar surface area (TPSA) is 82.9 Å². The van der Waals surface area contributed by atoms with Gasteiger partial charge in [0, 0.05) is 6.20 Å². The molecular formula is C14H13N3O2S. The zero-order valence-electron chi connectivity index (χ0n) is 11.1. The number of hydrogen-bond donors (Lipinski definition) is 1. The van der Waals surface area contributed by atoms with Crippen LogP contribution in [0.4, 0.5) is 5.69 Å². The first-order valence-electron chi connectivity index (χ1n) is 5.88. The molecule has 0 aliphatic heterocycles. The van der Waals surface area contributed by atoms with Crippen LogP contribution < -0.4 is 4.72 Å². The Morgan fingerprint density at radius 2 is 1.95 bits per heavy atom. The van der Waals surface area contributed by atoms with E-state index in [9.17, 15) is 8.42 Å². The summed E-state index contributed by atoms with van der Waals surface area (Å²) in [4.78, 5) is 3.79. The second-order valence-electron chi connectivity index (χ2n) is 4.41. The van der Waals surface area contributed by atoms with Crippen molar-refractivity contribution >= 4 is 15.7 Å². The Morgan fingerprint density at radius 3 is 2.55 bits per heavy atom. The van der Waals surface area contributed by atoms with E-state index in [0.717, 1.165) is 11.1 Å². The third kappa shape index (κ3) is 2.95. The molecule has 0 saturated carbocycles. The van der Waals surface area contributed by atoms with Crippen molar-refractivity contribution in [1.29, 1.82) is 5.26 Å². The smallest absolute Gasteiger partial charge is 0.263 e. The van der Waals surface area contributed by atoms with Gasteiger partial charge in [-0.2, -0.15) is 5.26 Å². The van der Waals surface area contributed by atoms with Crippen molar-refractivity contribution in [2.45, 2.75) is 18.7 Å². The maximum atomic E-state index is 12.2. The Bertz CT molecular complexity index is 775. The summed E-state index contributed by atoms with van der Waals surface area (Å²) in [6, 6.07) is 10.1. The van der Waals surface area contributed by atoms with Gasteiger partial charge >= 0.3 is 0 Å². The fraction of sp³-hybridized carbons (Fsp3) is 0.143. The van der Waals surface area contributed by atoms with Crippen LogP contribution >= 0.6 is 0 Å². The second kappa shape index (κ2) is 5.31. The normalized spacial score (nSPS) is 10.8. The number of nitriles is 1. The molecular weight excluding hydrogens is 274 g/mol. The lowest BCUT2D eigenvalue weighted by atomic mass is 10.1. The Hall–Kier alpha value is -2.39. The van der Waals surface area contributed by atoms with Crippen molar-refractivity contribution in [3.8, 4) is 6.07 Å². The first-order chi connectivity index (χ1) is 9.42. The van der Waals surface area contributed by atoms with Gasteiger partial charge in [0.1, 0.15) is 16.7 Å². The van der Waals surface area contributed by atoms with Gasteiger partial charge in [0.05, 0.1) is 5.69 Å². The summed E-state index contributed by atoms with van der Waals surface area (Å²) < 4.78 is 27.0. The van der Waals surface area contributed by atoms with E-state index in [0.29, 0.717) is 5.69 Å². The van der Waals surface area contributed by atoms with Crippen molar-refractivity contribution in [2.24, 2.45) is 0 Å². The van der Waals surface area contributed by atoms with Crippen LogP contribution in [0.25, 0.3) is 0 Å². The molecule has 0 aliphatic carbocycles. The summed E-state index contributed by atoms with van der Waals surface area (Å²) >= 11 is 0. The minimum absolute atomic E-state index is 0.0254. The number of benzene rings is 1. The highest BCUT2D eigenvalue weighted by atomic mass is 32.2. The molecule has 0 spiro atoms. The van der Waals surface area contributed by atoms with Gasteiger partial charge in [-0.1, -0.05) is 12.1 Å². The van der Waals surface area contributed by atoms with E-state index in [4.69, 9.17) is 5.26 Å². The third-order valence-corrected chi connectivity index (χ3v) is 4.15. The molecule has 2 aromatic rings. The molecule has 102 valence electrons. The summed E-state index contributed by atoms with van der Waals surface area (Å²) in [5, 5.41) is 8.66. The monoisotopic (exact) mass is 287 g/mol. The average Bonchev–Trinajstić information content (AvgIpc) is 2.43. The van der Waals surface area contributed by atoms with Crippen LogP contribution in [0, 0.1) is 25.2 Å². The maximum absolute atomic E-state index is 12.2. The number of nitrogens with one attached hydrogen (secondary N) is 1. The first-order valence-corrected chi connectivity index (χ1v) is 7.37. The SMILES string of the molecule is Cc1ccc(C)c(NS(=O)(=O)c2ccc(C#N)nc2)c1. The van der Waals surface area contributed by atoms with Gasteiger partial charge in [0.2, 0.25) is 0 Å². The molecule has 0 unspecified atom stereocenters. The van der Waals surface area contributed by atoms with Crippen LogP contribution in [0.3, 0.4) is 0 Å². The van der Waals surface area contributed by atoms with Crippen LogP contribution in [0.5, 0.6) is 0 Å². The summed E-state index contributed by atoms with van der Waals surface area (Å²) in [5.74, 6) is 0. The summed E-state index contributed by atoms with van der Waals surface area (Å²) in [5.41, 5.74) is 2.51. The van der Waals surface area contributed by atoms with E-state index in [-0.39, 0.29) is 10.6 Å². The molecule has 0 saturated heterocycles. The minimum Gasteiger partial charge on any atom is -0.279 e. The number of rotatable bonds is 3. The van der Waals surface area contributed by atoms with Crippen molar-refractivity contribution in [1.82, 2.24) is 4.98 Å². The summed E-state index contributed by atoms with van der Waals surface area (Å²) in [7, 11) is -3.70. The molecule has 2 rings (SSSR count). The fourth-order valence-corrected chi connectivity index (χ4v) is 2.72. The quantitative estimate of drug-likeness (QED) is 0.939. The second-order valence-corrected chi connectivity index (χ2v) is 6.10. The molecule has 20 heavy (non-hydrogen) atoms. The molecule has 6 heteroatoms. The van der Waals surface area contributed by atoms with Crippen molar-refractivity contribution in [3.05, 3.63) is 53.3 Å². The number of hydrogen-bond acceptors (Lipinski definition) is 4. The molecule has 0 radical (unpaired) electrons. The van der Waals surface area contributed by atoms with Crippen LogP contribution in [0.15, 0.2) is 41.4 Å². The van der Waals surface area contributed by atoms with Gasteiger partial charge in [-0.25, -0.2) is 13.4 Å². The van der Waals surface area contributed by atoms with Gasteiger partial charge < -0.3 is 0 Å². The molecule has 0 bridgehead atoms. The Labute approximate surface area is 118 Å². The third-order valence-electron chi connectivity index (χ3n) is 2.80. The lowest BCUT2D eigenvalue weighted by molar-refractivity contribution is 0.600. The Balaban J connectivity index is 2.35. The molecule has 0 amide bonds. The predicted molar refractivity (Wildman–Crippen MR) is 75.7 cm³/mol. The van der Waals surface area contributed by atoms with Gasteiger partial charge in [-0.15, -0.1) is 0 Å². The molecule has 0 atom stereocenters. The number of aromatic nitrogens is 1. The number of pyridine rings is 1. The van der Waals surface area contributed by atoms with Crippen LogP contribution in [0.1, 0.15) is 16.8 Å². The Kier molecular flexibility index (Phi) is 3.72. The number of anilines is 1. The number of sulfonamides is 1. The highest BCUT2D eigenvalue weighted by Gasteiger charge is 2.15. The van der Waals surface area contributed by atoms with Gasteiger partial charge in [-0.05, 0) is 43.2 Å². The van der Waals surface area contributed by atoms with E-state index in [1.165, 1.54) is 18.3 Å². The maximum Gasteiger partial charge on any atom is 0.263 e. The highest BCUT2D eigenvalue weighted by molar-refractivity contribution is 7.92. The van der Waals surface area contributed by atoms with E-state index in [1.54, 1.807) is 6.07 Å². The molecule has 1 aromatic heterocycles. The Morgan fingerprint density at radius 1 is 1.20 bits per heavy atom.